The summed E-state index contributed by atoms with van der Waals surface area (Å²) in [5, 5.41) is 22.5. The second kappa shape index (κ2) is 6.78. The Kier molecular flexibility index (Phi) is 5.05. The van der Waals surface area contributed by atoms with E-state index in [-0.39, 0.29) is 11.5 Å². The highest BCUT2D eigenvalue weighted by Gasteiger charge is 2.17. The molecule has 1 aliphatic heterocycles. The Bertz CT molecular complexity index is 403. The summed E-state index contributed by atoms with van der Waals surface area (Å²) in [6.45, 7) is 7.19. The molecule has 1 fully saturated rings. The molecule has 0 saturated carbocycles. The van der Waals surface area contributed by atoms with Gasteiger partial charge in [-0.2, -0.15) is 0 Å². The number of nitrogens with zero attached hydrogens (tertiary/aromatic N) is 1. The van der Waals surface area contributed by atoms with Gasteiger partial charge < -0.3 is 15.5 Å². The van der Waals surface area contributed by atoms with E-state index >= 15 is 0 Å². The van der Waals surface area contributed by atoms with E-state index in [0.29, 0.717) is 0 Å². The van der Waals surface area contributed by atoms with Crippen molar-refractivity contribution in [2.45, 2.75) is 26.3 Å². The van der Waals surface area contributed by atoms with Crippen LogP contribution in [0.15, 0.2) is 18.2 Å². The molecular weight excluding hydrogens is 240 g/mol. The molecule has 0 aliphatic carbocycles. The number of phenols is 2. The van der Waals surface area contributed by atoms with Crippen LogP contribution in [0, 0.1) is 5.92 Å². The van der Waals surface area contributed by atoms with Gasteiger partial charge in [0.2, 0.25) is 0 Å². The molecule has 1 saturated heterocycles. The molecular formula is C15H24N2O2. The van der Waals surface area contributed by atoms with Crippen molar-refractivity contribution in [1.29, 1.82) is 0 Å². The molecule has 0 bridgehead atoms. The van der Waals surface area contributed by atoms with E-state index < -0.39 is 0 Å². The van der Waals surface area contributed by atoms with Crippen molar-refractivity contribution >= 4 is 0 Å². The van der Waals surface area contributed by atoms with Crippen LogP contribution in [0.4, 0.5) is 0 Å². The standard InChI is InChI=1S/C15H24N2O2/c1-2-17(10-12-5-7-16-8-6-12)11-13-3-4-14(18)9-15(13)19/h3-4,9,12,16,18-19H,2,5-8,10-11H2,1H3. The van der Waals surface area contributed by atoms with Crippen LogP contribution in [-0.2, 0) is 6.54 Å². The van der Waals surface area contributed by atoms with Crippen molar-refractivity contribution in [3.05, 3.63) is 23.8 Å². The van der Waals surface area contributed by atoms with Crippen LogP contribution in [0.25, 0.3) is 0 Å². The number of nitrogens with one attached hydrogen (secondary N) is 1. The van der Waals surface area contributed by atoms with E-state index in [1.54, 1.807) is 12.1 Å². The first-order valence-corrected chi connectivity index (χ1v) is 7.13. The van der Waals surface area contributed by atoms with E-state index in [2.05, 4.69) is 17.1 Å². The number of benzene rings is 1. The third-order valence-corrected chi connectivity index (χ3v) is 3.89. The number of phenolic OH excluding ortho intramolecular Hbond substituents is 2. The van der Waals surface area contributed by atoms with Crippen molar-refractivity contribution in [2.75, 3.05) is 26.2 Å². The number of aromatic hydroxyl groups is 2. The largest absolute Gasteiger partial charge is 0.508 e. The molecule has 1 aliphatic rings. The Balaban J connectivity index is 1.94. The summed E-state index contributed by atoms with van der Waals surface area (Å²) in [5.41, 5.74) is 0.883. The Morgan fingerprint density at radius 3 is 2.63 bits per heavy atom. The molecule has 0 unspecified atom stereocenters. The summed E-state index contributed by atoms with van der Waals surface area (Å²) in [6, 6.07) is 4.84. The maximum atomic E-state index is 9.84. The lowest BCUT2D eigenvalue weighted by Gasteiger charge is -2.29. The Hall–Kier alpha value is -1.26. The average Bonchev–Trinajstić information content (AvgIpc) is 2.42. The second-order valence-electron chi connectivity index (χ2n) is 5.33. The SMILES string of the molecule is CCN(Cc1ccc(O)cc1O)CC1CCNCC1. The first-order chi connectivity index (χ1) is 9.19. The molecule has 2 rings (SSSR count). The highest BCUT2D eigenvalue weighted by atomic mass is 16.3. The van der Waals surface area contributed by atoms with Crippen LogP contribution in [0.1, 0.15) is 25.3 Å². The van der Waals surface area contributed by atoms with E-state index in [4.69, 9.17) is 0 Å². The first kappa shape index (κ1) is 14.2. The van der Waals surface area contributed by atoms with E-state index in [1.807, 2.05) is 0 Å². The highest BCUT2D eigenvalue weighted by Crippen LogP contribution is 2.24. The van der Waals surface area contributed by atoms with Gasteiger partial charge in [-0.1, -0.05) is 13.0 Å². The van der Waals surface area contributed by atoms with Gasteiger partial charge in [0.25, 0.3) is 0 Å². The minimum Gasteiger partial charge on any atom is -0.508 e. The van der Waals surface area contributed by atoms with Crippen molar-refractivity contribution in [1.82, 2.24) is 10.2 Å². The first-order valence-electron chi connectivity index (χ1n) is 7.13. The summed E-state index contributed by atoms with van der Waals surface area (Å²) >= 11 is 0. The van der Waals surface area contributed by atoms with Crippen LogP contribution < -0.4 is 5.32 Å². The van der Waals surface area contributed by atoms with Crippen LogP contribution in [-0.4, -0.2) is 41.3 Å². The Labute approximate surface area is 115 Å². The maximum absolute atomic E-state index is 9.84. The fourth-order valence-corrected chi connectivity index (χ4v) is 2.66. The van der Waals surface area contributed by atoms with Gasteiger partial charge in [0.1, 0.15) is 11.5 Å². The third kappa shape index (κ3) is 4.11. The zero-order valence-electron chi connectivity index (χ0n) is 11.6. The minimum atomic E-state index is 0.114. The van der Waals surface area contributed by atoms with Crippen molar-refractivity contribution in [3.63, 3.8) is 0 Å². The normalized spacial score (nSPS) is 16.9. The highest BCUT2D eigenvalue weighted by molar-refractivity contribution is 5.38. The summed E-state index contributed by atoms with van der Waals surface area (Å²) in [4.78, 5) is 2.36. The fourth-order valence-electron chi connectivity index (χ4n) is 2.66. The van der Waals surface area contributed by atoms with Crippen molar-refractivity contribution in [3.8, 4) is 11.5 Å². The number of rotatable bonds is 5. The van der Waals surface area contributed by atoms with Gasteiger partial charge in [-0.15, -0.1) is 0 Å². The van der Waals surface area contributed by atoms with Gasteiger partial charge in [-0.25, -0.2) is 0 Å². The van der Waals surface area contributed by atoms with Gasteiger partial charge in [0, 0.05) is 24.7 Å². The summed E-state index contributed by atoms with van der Waals surface area (Å²) in [6.07, 6.45) is 2.47. The molecule has 0 radical (unpaired) electrons. The molecule has 0 atom stereocenters. The molecule has 1 aromatic carbocycles. The molecule has 4 nitrogen and oxygen atoms in total. The molecule has 4 heteroatoms. The lowest BCUT2D eigenvalue weighted by Crippen LogP contribution is -2.35. The monoisotopic (exact) mass is 264 g/mol. The van der Waals surface area contributed by atoms with Gasteiger partial charge in [0.05, 0.1) is 0 Å². The predicted molar refractivity (Wildman–Crippen MR) is 76.3 cm³/mol. The summed E-state index contributed by atoms with van der Waals surface area (Å²) in [7, 11) is 0. The number of hydrogen-bond acceptors (Lipinski definition) is 4. The van der Waals surface area contributed by atoms with E-state index in [9.17, 15) is 10.2 Å². The summed E-state index contributed by atoms with van der Waals surface area (Å²) < 4.78 is 0. The lowest BCUT2D eigenvalue weighted by atomic mass is 9.97. The zero-order chi connectivity index (χ0) is 13.7. The maximum Gasteiger partial charge on any atom is 0.123 e. The number of piperidine rings is 1. The molecule has 0 aromatic heterocycles. The molecule has 0 spiro atoms. The minimum absolute atomic E-state index is 0.114. The van der Waals surface area contributed by atoms with Gasteiger partial charge >= 0.3 is 0 Å². The quantitative estimate of drug-likeness (QED) is 0.760. The second-order valence-corrected chi connectivity index (χ2v) is 5.33. The molecule has 3 N–H and O–H groups in total. The zero-order valence-corrected chi connectivity index (χ0v) is 11.6. The van der Waals surface area contributed by atoms with E-state index in [1.165, 1.54) is 18.9 Å². The number of hydrogen-bond donors (Lipinski definition) is 3. The molecule has 19 heavy (non-hydrogen) atoms. The van der Waals surface area contributed by atoms with Crippen LogP contribution in [0.3, 0.4) is 0 Å². The third-order valence-electron chi connectivity index (χ3n) is 3.89. The van der Waals surface area contributed by atoms with Crippen molar-refractivity contribution < 1.29 is 10.2 Å². The predicted octanol–water partition coefficient (Wildman–Crippen LogP) is 1.92. The molecule has 1 aromatic rings. The lowest BCUT2D eigenvalue weighted by molar-refractivity contribution is 0.205. The van der Waals surface area contributed by atoms with Gasteiger partial charge in [-0.3, -0.25) is 4.90 Å². The fraction of sp³-hybridized carbons (Fsp3) is 0.600. The molecule has 1 heterocycles. The van der Waals surface area contributed by atoms with Crippen molar-refractivity contribution in [2.24, 2.45) is 5.92 Å². The van der Waals surface area contributed by atoms with Gasteiger partial charge in [-0.05, 0) is 44.5 Å². The van der Waals surface area contributed by atoms with Crippen LogP contribution in [0.2, 0.25) is 0 Å². The summed E-state index contributed by atoms with van der Waals surface area (Å²) in [5.74, 6) is 1.05. The Morgan fingerprint density at radius 2 is 2.00 bits per heavy atom. The van der Waals surface area contributed by atoms with E-state index in [0.717, 1.165) is 44.2 Å². The van der Waals surface area contributed by atoms with Crippen LogP contribution >= 0.6 is 0 Å². The van der Waals surface area contributed by atoms with Gasteiger partial charge in [0.15, 0.2) is 0 Å². The molecule has 0 amide bonds. The Morgan fingerprint density at radius 1 is 1.26 bits per heavy atom. The smallest absolute Gasteiger partial charge is 0.123 e. The van der Waals surface area contributed by atoms with Crippen LogP contribution in [0.5, 0.6) is 11.5 Å². The average molecular weight is 264 g/mol. The molecule has 106 valence electrons. The topological polar surface area (TPSA) is 55.7 Å².